The number of likely N-dealkylation sites (tertiary alicyclic amines) is 1. The molecular formula is C17H22FN3O3. The summed E-state index contributed by atoms with van der Waals surface area (Å²) in [6, 6.07) is 6.60. The van der Waals surface area contributed by atoms with Gasteiger partial charge < -0.3 is 14.6 Å². The smallest absolute Gasteiger partial charge is 0.196 e. The Morgan fingerprint density at radius 1 is 1.38 bits per heavy atom. The maximum atomic E-state index is 14.0. The molecular weight excluding hydrogens is 313 g/mol. The van der Waals surface area contributed by atoms with E-state index in [0.717, 1.165) is 5.56 Å². The lowest BCUT2D eigenvalue weighted by Gasteiger charge is -2.43. The molecule has 0 radical (unpaired) electrons. The molecule has 3 rings (SSSR count). The zero-order valence-electron chi connectivity index (χ0n) is 13.8. The van der Waals surface area contributed by atoms with Crippen LogP contribution < -0.4 is 0 Å². The molecule has 6 nitrogen and oxygen atoms in total. The van der Waals surface area contributed by atoms with Gasteiger partial charge in [-0.25, -0.2) is 4.39 Å². The molecule has 0 aliphatic carbocycles. The lowest BCUT2D eigenvalue weighted by atomic mass is 9.99. The summed E-state index contributed by atoms with van der Waals surface area (Å²) in [5.41, 5.74) is 2.04. The van der Waals surface area contributed by atoms with Crippen molar-refractivity contribution in [2.75, 3.05) is 27.3 Å². The monoisotopic (exact) mass is 335 g/mol. The summed E-state index contributed by atoms with van der Waals surface area (Å²) >= 11 is 0. The van der Waals surface area contributed by atoms with Gasteiger partial charge in [0.2, 0.25) is 0 Å². The summed E-state index contributed by atoms with van der Waals surface area (Å²) in [6.07, 6.45) is 1.49. The van der Waals surface area contributed by atoms with Gasteiger partial charge in [0.1, 0.15) is 11.9 Å². The van der Waals surface area contributed by atoms with Crippen molar-refractivity contribution < 1.29 is 19.0 Å². The van der Waals surface area contributed by atoms with Crippen molar-refractivity contribution in [3.63, 3.8) is 0 Å². The lowest BCUT2D eigenvalue weighted by molar-refractivity contribution is -0.279. The van der Waals surface area contributed by atoms with E-state index in [1.54, 1.807) is 24.4 Å². The number of nitrogens with one attached hydrogen (secondary N) is 1. The van der Waals surface area contributed by atoms with Crippen LogP contribution in [-0.2, 0) is 16.0 Å². The molecule has 24 heavy (non-hydrogen) atoms. The first-order chi connectivity index (χ1) is 11.6. The summed E-state index contributed by atoms with van der Waals surface area (Å²) in [6.45, 7) is 1.66. The molecule has 2 N–H and O–H groups in total. The van der Waals surface area contributed by atoms with E-state index in [1.165, 1.54) is 20.3 Å². The molecule has 0 bridgehead atoms. The number of halogens is 1. The zero-order chi connectivity index (χ0) is 17.2. The average Bonchev–Trinajstić information content (AvgIpc) is 3.04. The van der Waals surface area contributed by atoms with E-state index in [9.17, 15) is 9.50 Å². The fourth-order valence-electron chi connectivity index (χ4n) is 3.23. The Morgan fingerprint density at radius 3 is 2.79 bits per heavy atom. The molecule has 7 heteroatoms. The fourth-order valence-corrected chi connectivity index (χ4v) is 3.23. The van der Waals surface area contributed by atoms with Crippen LogP contribution in [0.15, 0.2) is 30.5 Å². The van der Waals surface area contributed by atoms with E-state index in [2.05, 4.69) is 15.1 Å². The van der Waals surface area contributed by atoms with E-state index in [0.29, 0.717) is 37.3 Å². The van der Waals surface area contributed by atoms with Gasteiger partial charge in [-0.15, -0.1) is 0 Å². The molecule has 1 aromatic heterocycles. The van der Waals surface area contributed by atoms with Crippen LogP contribution >= 0.6 is 0 Å². The quantitative estimate of drug-likeness (QED) is 0.815. The van der Waals surface area contributed by atoms with Crippen LogP contribution in [0.4, 0.5) is 4.39 Å². The first-order valence-electron chi connectivity index (χ1n) is 7.87. The van der Waals surface area contributed by atoms with Gasteiger partial charge in [0, 0.05) is 51.4 Å². The Morgan fingerprint density at radius 2 is 2.12 bits per heavy atom. The van der Waals surface area contributed by atoms with Gasteiger partial charge >= 0.3 is 0 Å². The predicted octanol–water partition coefficient (Wildman–Crippen LogP) is 1.77. The highest BCUT2D eigenvalue weighted by Crippen LogP contribution is 2.30. The predicted molar refractivity (Wildman–Crippen MR) is 86.6 cm³/mol. The van der Waals surface area contributed by atoms with Gasteiger partial charge in [-0.05, 0) is 12.1 Å². The first kappa shape index (κ1) is 17.0. The van der Waals surface area contributed by atoms with Crippen LogP contribution in [0.5, 0.6) is 0 Å². The van der Waals surface area contributed by atoms with E-state index >= 15 is 0 Å². The molecule has 1 fully saturated rings. The minimum atomic E-state index is -0.957. The highest BCUT2D eigenvalue weighted by molar-refractivity contribution is 5.63. The molecule has 1 unspecified atom stereocenters. The maximum Gasteiger partial charge on any atom is 0.196 e. The van der Waals surface area contributed by atoms with Crippen LogP contribution in [0.2, 0.25) is 0 Å². The second-order valence-electron chi connectivity index (χ2n) is 5.97. The molecule has 0 amide bonds. The number of hydrogen-bond donors (Lipinski definition) is 2. The Bertz CT molecular complexity index is 687. The topological polar surface area (TPSA) is 70.6 Å². The van der Waals surface area contributed by atoms with Crippen molar-refractivity contribution in [3.8, 4) is 11.3 Å². The summed E-state index contributed by atoms with van der Waals surface area (Å²) in [4.78, 5) is 2.08. The van der Waals surface area contributed by atoms with Gasteiger partial charge in [-0.3, -0.25) is 10.00 Å². The summed E-state index contributed by atoms with van der Waals surface area (Å²) in [5, 5.41) is 17.3. The number of aliphatic hydroxyl groups excluding tert-OH is 1. The van der Waals surface area contributed by atoms with E-state index in [1.807, 2.05) is 0 Å². The van der Waals surface area contributed by atoms with Crippen molar-refractivity contribution in [2.45, 2.75) is 24.9 Å². The Labute approximate surface area is 140 Å². The summed E-state index contributed by atoms with van der Waals surface area (Å²) in [7, 11) is 3.07. The number of H-pyrrole nitrogens is 1. The molecule has 1 atom stereocenters. The molecule has 130 valence electrons. The number of aromatic amines is 1. The maximum absolute atomic E-state index is 14.0. The van der Waals surface area contributed by atoms with Crippen LogP contribution in [0.1, 0.15) is 12.0 Å². The lowest BCUT2D eigenvalue weighted by Crippen LogP contribution is -2.57. The Hall–Kier alpha value is -1.80. The third-order valence-corrected chi connectivity index (χ3v) is 4.66. The molecule has 2 aromatic rings. The molecule has 1 aliphatic heterocycles. The second kappa shape index (κ2) is 6.98. The first-order valence-corrected chi connectivity index (χ1v) is 7.87. The zero-order valence-corrected chi connectivity index (χ0v) is 13.8. The van der Waals surface area contributed by atoms with Crippen molar-refractivity contribution in [1.82, 2.24) is 15.1 Å². The number of piperidine rings is 1. The third-order valence-electron chi connectivity index (χ3n) is 4.66. The SMILES string of the molecule is COC1(OC)CCN(Cc2cn[nH]c2-c2ccccc2F)CC1O. The number of rotatable bonds is 5. The summed E-state index contributed by atoms with van der Waals surface area (Å²) < 4.78 is 24.8. The van der Waals surface area contributed by atoms with Gasteiger partial charge in [0.15, 0.2) is 5.79 Å². The van der Waals surface area contributed by atoms with Gasteiger partial charge in [-0.1, -0.05) is 12.1 Å². The van der Waals surface area contributed by atoms with Gasteiger partial charge in [0.25, 0.3) is 0 Å². The van der Waals surface area contributed by atoms with Gasteiger partial charge in [-0.2, -0.15) is 5.10 Å². The number of ether oxygens (including phenoxy) is 2. The molecule has 0 saturated carbocycles. The third kappa shape index (κ3) is 3.08. The molecule has 1 aromatic carbocycles. The van der Waals surface area contributed by atoms with Crippen molar-refractivity contribution in [1.29, 1.82) is 0 Å². The molecule has 1 saturated heterocycles. The number of aliphatic hydroxyl groups is 1. The van der Waals surface area contributed by atoms with Crippen LogP contribution in [0.3, 0.4) is 0 Å². The number of benzene rings is 1. The van der Waals surface area contributed by atoms with E-state index in [4.69, 9.17) is 9.47 Å². The highest BCUT2D eigenvalue weighted by atomic mass is 19.1. The van der Waals surface area contributed by atoms with Crippen molar-refractivity contribution >= 4 is 0 Å². The van der Waals surface area contributed by atoms with Gasteiger partial charge in [0.05, 0.1) is 11.9 Å². The van der Waals surface area contributed by atoms with Crippen LogP contribution in [0, 0.1) is 5.82 Å². The summed E-state index contributed by atoms with van der Waals surface area (Å²) in [5.74, 6) is -1.25. The van der Waals surface area contributed by atoms with Crippen molar-refractivity contribution in [2.24, 2.45) is 0 Å². The Balaban J connectivity index is 1.75. The number of methoxy groups -OCH3 is 2. The minimum absolute atomic E-state index is 0.292. The largest absolute Gasteiger partial charge is 0.386 e. The highest BCUT2D eigenvalue weighted by Gasteiger charge is 2.43. The van der Waals surface area contributed by atoms with Crippen LogP contribution in [-0.4, -0.2) is 59.4 Å². The fraction of sp³-hybridized carbons (Fsp3) is 0.471. The van der Waals surface area contributed by atoms with Crippen molar-refractivity contribution in [3.05, 3.63) is 41.8 Å². The Kier molecular flexibility index (Phi) is 4.96. The number of nitrogens with zero attached hydrogens (tertiary/aromatic N) is 2. The average molecular weight is 335 g/mol. The van der Waals surface area contributed by atoms with Crippen LogP contribution in [0.25, 0.3) is 11.3 Å². The standard InChI is InChI=1S/C17H22FN3O3/c1-23-17(24-2)7-8-21(11-15(17)22)10-12-9-19-20-16(12)13-5-3-4-6-14(13)18/h3-6,9,15,22H,7-8,10-11H2,1-2H3,(H,19,20). The second-order valence-corrected chi connectivity index (χ2v) is 5.97. The molecule has 1 aliphatic rings. The normalized spacial score (nSPS) is 21.1. The molecule has 2 heterocycles. The van der Waals surface area contributed by atoms with E-state index in [-0.39, 0.29) is 5.82 Å². The number of aromatic nitrogens is 2. The number of β-amino-alcohol motifs (C(OH)–C–C–N with tert-alkyl or cyclic N) is 1. The minimum Gasteiger partial charge on any atom is -0.386 e. The van der Waals surface area contributed by atoms with E-state index < -0.39 is 11.9 Å². The molecule has 0 spiro atoms. The number of hydrogen-bond acceptors (Lipinski definition) is 5.